The molecule has 1 aromatic carbocycles. The van der Waals surface area contributed by atoms with Crippen LogP contribution in [0, 0.1) is 15.9 Å². The number of benzene rings is 1. The van der Waals surface area contributed by atoms with Gasteiger partial charge in [-0.1, -0.05) is 23.9 Å². The minimum atomic E-state index is -0.779. The maximum atomic E-state index is 13.5. The van der Waals surface area contributed by atoms with E-state index in [1.165, 1.54) is 19.1 Å². The Bertz CT molecular complexity index is 613. The number of aliphatic hydroxyl groups excluding tert-OH is 1. The van der Waals surface area contributed by atoms with Crippen molar-refractivity contribution in [1.82, 2.24) is 0 Å². The quantitative estimate of drug-likeness (QED) is 0.684. The SMILES string of the molecule is C[C@@H](O)c1cc([N+](=O)[O-])c(Sc2ccccc2F)s1. The number of thiophene rings is 1. The van der Waals surface area contributed by atoms with Gasteiger partial charge in [0.05, 0.1) is 11.0 Å². The number of hydrogen-bond acceptors (Lipinski definition) is 5. The summed E-state index contributed by atoms with van der Waals surface area (Å²) in [4.78, 5) is 11.2. The van der Waals surface area contributed by atoms with Gasteiger partial charge in [0.2, 0.25) is 0 Å². The largest absolute Gasteiger partial charge is 0.388 e. The highest BCUT2D eigenvalue weighted by atomic mass is 32.2. The van der Waals surface area contributed by atoms with Crippen LogP contribution in [0.25, 0.3) is 0 Å². The van der Waals surface area contributed by atoms with Gasteiger partial charge >= 0.3 is 0 Å². The standard InChI is InChI=1S/C12H10FNO3S2/c1-7(15)11-6-9(14(16)17)12(19-11)18-10-5-3-2-4-8(10)13/h2-7,15H,1H3/t7-/m1/s1. The van der Waals surface area contributed by atoms with Crippen LogP contribution in [-0.4, -0.2) is 10.0 Å². The predicted octanol–water partition coefficient (Wildman–Crippen LogP) is 4.00. The highest BCUT2D eigenvalue weighted by Gasteiger charge is 2.22. The van der Waals surface area contributed by atoms with E-state index in [-0.39, 0.29) is 5.69 Å². The summed E-state index contributed by atoms with van der Waals surface area (Å²) in [6.45, 7) is 1.53. The number of halogens is 1. The zero-order valence-corrected chi connectivity index (χ0v) is 11.5. The molecule has 7 heteroatoms. The first-order valence-corrected chi connectivity index (χ1v) is 7.01. The fourth-order valence-corrected chi connectivity index (χ4v) is 3.68. The van der Waals surface area contributed by atoms with Crippen molar-refractivity contribution in [2.24, 2.45) is 0 Å². The number of aliphatic hydroxyl groups is 1. The lowest BCUT2D eigenvalue weighted by Crippen LogP contribution is -1.88. The highest BCUT2D eigenvalue weighted by Crippen LogP contribution is 2.43. The maximum Gasteiger partial charge on any atom is 0.294 e. The van der Waals surface area contributed by atoms with E-state index in [0.717, 1.165) is 23.1 Å². The molecule has 4 nitrogen and oxygen atoms in total. The Morgan fingerprint density at radius 3 is 2.74 bits per heavy atom. The monoisotopic (exact) mass is 299 g/mol. The minimum Gasteiger partial charge on any atom is -0.388 e. The summed E-state index contributed by atoms with van der Waals surface area (Å²) >= 11 is 2.10. The molecule has 0 aliphatic heterocycles. The molecule has 0 aliphatic carbocycles. The molecule has 0 aliphatic rings. The van der Waals surface area contributed by atoms with Crippen LogP contribution in [0.1, 0.15) is 17.9 Å². The molecule has 100 valence electrons. The molecule has 2 rings (SSSR count). The van der Waals surface area contributed by atoms with Crippen LogP contribution in [0.5, 0.6) is 0 Å². The van der Waals surface area contributed by atoms with Crippen LogP contribution in [0.3, 0.4) is 0 Å². The van der Waals surface area contributed by atoms with Crippen LogP contribution < -0.4 is 0 Å². The summed E-state index contributed by atoms with van der Waals surface area (Å²) < 4.78 is 13.9. The number of nitro groups is 1. The van der Waals surface area contributed by atoms with Gasteiger partial charge in [0.15, 0.2) is 0 Å². The van der Waals surface area contributed by atoms with Crippen molar-refractivity contribution >= 4 is 28.8 Å². The number of hydrogen-bond donors (Lipinski definition) is 1. The molecule has 0 saturated heterocycles. The Hall–Kier alpha value is -1.44. The van der Waals surface area contributed by atoms with Crippen LogP contribution in [0.15, 0.2) is 39.4 Å². The van der Waals surface area contributed by atoms with Crippen LogP contribution in [0.2, 0.25) is 0 Å². The fraction of sp³-hybridized carbons (Fsp3) is 0.167. The van der Waals surface area contributed by atoms with Gasteiger partial charge in [-0.25, -0.2) is 4.39 Å². The summed E-state index contributed by atoms with van der Waals surface area (Å²) in [5.41, 5.74) is -0.103. The topological polar surface area (TPSA) is 63.4 Å². The average Bonchev–Trinajstić information content (AvgIpc) is 2.76. The van der Waals surface area contributed by atoms with E-state index < -0.39 is 16.8 Å². The lowest BCUT2D eigenvalue weighted by Gasteiger charge is -2.00. The highest BCUT2D eigenvalue weighted by molar-refractivity contribution is 8.01. The summed E-state index contributed by atoms with van der Waals surface area (Å²) in [6, 6.07) is 7.42. The first-order chi connectivity index (χ1) is 8.99. The van der Waals surface area contributed by atoms with Crippen molar-refractivity contribution in [3.05, 3.63) is 51.1 Å². The van der Waals surface area contributed by atoms with Gasteiger partial charge in [-0.3, -0.25) is 10.1 Å². The molecule has 0 spiro atoms. The molecule has 0 amide bonds. The summed E-state index contributed by atoms with van der Waals surface area (Å²) in [5, 5.41) is 20.4. The molecule has 0 saturated carbocycles. The maximum absolute atomic E-state index is 13.5. The Morgan fingerprint density at radius 2 is 2.16 bits per heavy atom. The molecular weight excluding hydrogens is 289 g/mol. The van der Waals surface area contributed by atoms with Gasteiger partial charge in [0.1, 0.15) is 10.0 Å². The van der Waals surface area contributed by atoms with E-state index in [1.807, 2.05) is 0 Å². The lowest BCUT2D eigenvalue weighted by molar-refractivity contribution is -0.387. The molecule has 0 fully saturated rings. The smallest absolute Gasteiger partial charge is 0.294 e. The van der Waals surface area contributed by atoms with Gasteiger partial charge in [0.25, 0.3) is 5.69 Å². The summed E-state index contributed by atoms with van der Waals surface area (Å²) in [5.74, 6) is -0.422. The summed E-state index contributed by atoms with van der Waals surface area (Å²) in [7, 11) is 0. The molecule has 0 unspecified atom stereocenters. The van der Waals surface area contributed by atoms with Crippen molar-refractivity contribution in [3.8, 4) is 0 Å². The average molecular weight is 299 g/mol. The lowest BCUT2D eigenvalue weighted by atomic mass is 10.3. The first-order valence-electron chi connectivity index (χ1n) is 5.37. The Balaban J connectivity index is 2.39. The van der Waals surface area contributed by atoms with Crippen molar-refractivity contribution in [1.29, 1.82) is 0 Å². The molecule has 1 heterocycles. The second-order valence-corrected chi connectivity index (χ2v) is 6.18. The van der Waals surface area contributed by atoms with Crippen molar-refractivity contribution < 1.29 is 14.4 Å². The van der Waals surface area contributed by atoms with E-state index in [9.17, 15) is 19.6 Å². The van der Waals surface area contributed by atoms with E-state index in [2.05, 4.69) is 0 Å². The fourth-order valence-electron chi connectivity index (χ4n) is 1.42. The Morgan fingerprint density at radius 1 is 1.47 bits per heavy atom. The third-order valence-electron chi connectivity index (χ3n) is 2.35. The van der Waals surface area contributed by atoms with Gasteiger partial charge in [0, 0.05) is 15.8 Å². The van der Waals surface area contributed by atoms with Crippen molar-refractivity contribution in [2.45, 2.75) is 22.1 Å². The first kappa shape index (κ1) is 14.0. The third-order valence-corrected chi connectivity index (χ3v) is 4.88. The minimum absolute atomic E-state index is 0.103. The molecule has 0 bridgehead atoms. The molecule has 0 radical (unpaired) electrons. The molecule has 1 aromatic heterocycles. The van der Waals surface area contributed by atoms with Gasteiger partial charge < -0.3 is 5.11 Å². The van der Waals surface area contributed by atoms with Gasteiger partial charge in [-0.2, -0.15) is 0 Å². The van der Waals surface area contributed by atoms with E-state index in [1.54, 1.807) is 18.2 Å². The van der Waals surface area contributed by atoms with Crippen LogP contribution in [0.4, 0.5) is 10.1 Å². The molecule has 19 heavy (non-hydrogen) atoms. The van der Waals surface area contributed by atoms with E-state index >= 15 is 0 Å². The van der Waals surface area contributed by atoms with Gasteiger partial charge in [-0.15, -0.1) is 11.3 Å². The Kier molecular flexibility index (Phi) is 4.18. The molecule has 2 aromatic rings. The second-order valence-electron chi connectivity index (χ2n) is 3.79. The zero-order valence-electron chi connectivity index (χ0n) is 9.87. The third kappa shape index (κ3) is 3.12. The van der Waals surface area contributed by atoms with E-state index in [0.29, 0.717) is 14.0 Å². The second kappa shape index (κ2) is 5.68. The van der Waals surface area contributed by atoms with E-state index in [4.69, 9.17) is 0 Å². The number of nitrogens with zero attached hydrogens (tertiary/aromatic N) is 1. The normalized spacial score (nSPS) is 12.4. The number of rotatable bonds is 4. The molecule has 1 N–H and O–H groups in total. The molecule has 1 atom stereocenters. The van der Waals surface area contributed by atoms with Gasteiger partial charge in [-0.05, 0) is 19.1 Å². The molecular formula is C12H10FNO3S2. The van der Waals surface area contributed by atoms with Crippen molar-refractivity contribution in [2.75, 3.05) is 0 Å². The summed E-state index contributed by atoms with van der Waals surface area (Å²) in [6.07, 6.45) is -0.779. The van der Waals surface area contributed by atoms with Crippen LogP contribution >= 0.6 is 23.1 Å². The Labute approximate surface area is 117 Å². The zero-order chi connectivity index (χ0) is 14.0. The van der Waals surface area contributed by atoms with Crippen LogP contribution in [-0.2, 0) is 0 Å². The predicted molar refractivity (Wildman–Crippen MR) is 72.1 cm³/mol. The van der Waals surface area contributed by atoms with Crippen molar-refractivity contribution in [3.63, 3.8) is 0 Å².